The molecule has 3 rings (SSSR count). The van der Waals surface area contributed by atoms with Gasteiger partial charge in [0.15, 0.2) is 17.3 Å². The standard InChI is InChI=1S/C17H19N5O3S/c1-10(15-21-18-9-22(15)2)19-16(23)12-8-26-17(20-12)11-6-5-7-13(24-3)14(11)25-4/h5-10H,1-4H3,(H,19,23)/t10-/m1/s1. The number of hydrogen-bond acceptors (Lipinski definition) is 7. The summed E-state index contributed by atoms with van der Waals surface area (Å²) in [4.78, 5) is 17.0. The van der Waals surface area contributed by atoms with Crippen molar-refractivity contribution < 1.29 is 14.3 Å². The van der Waals surface area contributed by atoms with Gasteiger partial charge in [0.1, 0.15) is 17.0 Å². The normalized spacial score (nSPS) is 11.8. The fourth-order valence-electron chi connectivity index (χ4n) is 2.58. The highest BCUT2D eigenvalue weighted by Crippen LogP contribution is 2.38. The summed E-state index contributed by atoms with van der Waals surface area (Å²) in [5.74, 6) is 1.60. The number of amides is 1. The molecule has 0 unspecified atom stereocenters. The highest BCUT2D eigenvalue weighted by atomic mass is 32.1. The first-order valence-electron chi connectivity index (χ1n) is 7.86. The Labute approximate surface area is 154 Å². The van der Waals surface area contributed by atoms with Gasteiger partial charge in [-0.15, -0.1) is 21.5 Å². The molecule has 0 saturated carbocycles. The van der Waals surface area contributed by atoms with Crippen LogP contribution in [0.2, 0.25) is 0 Å². The average molecular weight is 373 g/mol. The fourth-order valence-corrected chi connectivity index (χ4v) is 3.40. The largest absolute Gasteiger partial charge is 0.493 e. The second kappa shape index (κ2) is 7.52. The molecule has 3 aromatic rings. The van der Waals surface area contributed by atoms with Crippen LogP contribution in [0.3, 0.4) is 0 Å². The molecule has 8 nitrogen and oxygen atoms in total. The first kappa shape index (κ1) is 17.9. The van der Waals surface area contributed by atoms with Crippen LogP contribution in [0.15, 0.2) is 29.9 Å². The summed E-state index contributed by atoms with van der Waals surface area (Å²) >= 11 is 1.37. The summed E-state index contributed by atoms with van der Waals surface area (Å²) in [5.41, 5.74) is 1.11. The molecule has 9 heteroatoms. The number of ether oxygens (including phenoxy) is 2. The topological polar surface area (TPSA) is 91.2 Å². The van der Waals surface area contributed by atoms with E-state index in [1.807, 2.05) is 32.2 Å². The zero-order valence-corrected chi connectivity index (χ0v) is 15.7. The Morgan fingerprint density at radius 2 is 2.12 bits per heavy atom. The van der Waals surface area contributed by atoms with E-state index in [4.69, 9.17) is 9.47 Å². The SMILES string of the molecule is COc1cccc(-c2nc(C(=O)N[C@H](C)c3nncn3C)cs2)c1OC. The summed E-state index contributed by atoms with van der Waals surface area (Å²) in [6.45, 7) is 1.85. The van der Waals surface area contributed by atoms with Crippen molar-refractivity contribution in [2.24, 2.45) is 7.05 Å². The molecule has 0 radical (unpaired) electrons. The Morgan fingerprint density at radius 3 is 2.77 bits per heavy atom. The summed E-state index contributed by atoms with van der Waals surface area (Å²) < 4.78 is 12.5. The van der Waals surface area contributed by atoms with Crippen molar-refractivity contribution in [1.29, 1.82) is 0 Å². The summed E-state index contributed by atoms with van der Waals surface area (Å²) in [5, 5.41) is 13.1. The summed E-state index contributed by atoms with van der Waals surface area (Å²) in [6, 6.07) is 5.26. The molecule has 26 heavy (non-hydrogen) atoms. The van der Waals surface area contributed by atoms with Crippen molar-refractivity contribution in [3.8, 4) is 22.1 Å². The summed E-state index contributed by atoms with van der Waals surface area (Å²) in [7, 11) is 4.98. The third-order valence-corrected chi connectivity index (χ3v) is 4.73. The molecule has 1 atom stereocenters. The van der Waals surface area contributed by atoms with E-state index in [9.17, 15) is 4.79 Å². The van der Waals surface area contributed by atoms with Gasteiger partial charge >= 0.3 is 0 Å². The molecule has 1 aromatic carbocycles. The van der Waals surface area contributed by atoms with Crippen LogP contribution in [-0.4, -0.2) is 39.9 Å². The number of rotatable bonds is 6. The van der Waals surface area contributed by atoms with Crippen molar-refractivity contribution in [2.75, 3.05) is 14.2 Å². The number of carbonyl (C=O) groups is 1. The molecule has 0 aliphatic rings. The van der Waals surface area contributed by atoms with Crippen LogP contribution in [0.4, 0.5) is 0 Å². The van der Waals surface area contributed by atoms with Gasteiger partial charge in [0.05, 0.1) is 25.8 Å². The first-order chi connectivity index (χ1) is 12.5. The van der Waals surface area contributed by atoms with Gasteiger partial charge in [-0.3, -0.25) is 4.79 Å². The molecule has 1 amide bonds. The van der Waals surface area contributed by atoms with E-state index in [1.165, 1.54) is 11.3 Å². The number of methoxy groups -OCH3 is 2. The summed E-state index contributed by atoms with van der Waals surface area (Å²) in [6.07, 6.45) is 1.59. The van der Waals surface area contributed by atoms with E-state index in [2.05, 4.69) is 20.5 Å². The maximum absolute atomic E-state index is 12.5. The van der Waals surface area contributed by atoms with Crippen molar-refractivity contribution in [3.05, 3.63) is 41.4 Å². The van der Waals surface area contributed by atoms with Crippen LogP contribution in [0.5, 0.6) is 11.5 Å². The minimum absolute atomic E-state index is 0.273. The second-order valence-corrected chi connectivity index (χ2v) is 6.43. The van der Waals surface area contributed by atoms with Gasteiger partial charge in [-0.2, -0.15) is 0 Å². The average Bonchev–Trinajstić information content (AvgIpc) is 3.29. The maximum atomic E-state index is 12.5. The lowest BCUT2D eigenvalue weighted by atomic mass is 10.2. The van der Waals surface area contributed by atoms with Gasteiger partial charge in [-0.1, -0.05) is 6.07 Å². The van der Waals surface area contributed by atoms with Crippen molar-refractivity contribution in [1.82, 2.24) is 25.1 Å². The minimum Gasteiger partial charge on any atom is -0.493 e. The highest BCUT2D eigenvalue weighted by Gasteiger charge is 2.20. The Morgan fingerprint density at radius 1 is 1.31 bits per heavy atom. The number of aryl methyl sites for hydroxylation is 1. The van der Waals surface area contributed by atoms with E-state index >= 15 is 0 Å². The Balaban J connectivity index is 1.82. The van der Waals surface area contributed by atoms with Crippen molar-refractivity contribution >= 4 is 17.2 Å². The molecule has 136 valence electrons. The van der Waals surface area contributed by atoms with Crippen molar-refractivity contribution in [2.45, 2.75) is 13.0 Å². The second-order valence-electron chi connectivity index (χ2n) is 5.57. The number of nitrogens with one attached hydrogen (secondary N) is 1. The fraction of sp³-hybridized carbons (Fsp3) is 0.294. The van der Waals surface area contributed by atoms with E-state index in [0.717, 1.165) is 5.56 Å². The zero-order valence-electron chi connectivity index (χ0n) is 14.9. The van der Waals surface area contributed by atoms with Crippen LogP contribution >= 0.6 is 11.3 Å². The molecule has 0 fully saturated rings. The quantitative estimate of drug-likeness (QED) is 0.714. The number of aromatic nitrogens is 4. The van der Waals surface area contributed by atoms with Crippen molar-refractivity contribution in [3.63, 3.8) is 0 Å². The monoisotopic (exact) mass is 373 g/mol. The van der Waals surface area contributed by atoms with Crippen LogP contribution in [0, 0.1) is 0 Å². The smallest absolute Gasteiger partial charge is 0.271 e. The number of carbonyl (C=O) groups excluding carboxylic acids is 1. The molecule has 1 N–H and O–H groups in total. The lowest BCUT2D eigenvalue weighted by Crippen LogP contribution is -2.28. The molecule has 0 saturated heterocycles. The van der Waals surface area contributed by atoms with Crippen LogP contribution in [-0.2, 0) is 7.05 Å². The third kappa shape index (κ3) is 3.38. The van der Waals surface area contributed by atoms with Gasteiger partial charge in [0, 0.05) is 12.4 Å². The Bertz CT molecular complexity index is 921. The molecular formula is C17H19N5O3S. The maximum Gasteiger partial charge on any atom is 0.271 e. The molecule has 0 bridgehead atoms. The Kier molecular flexibility index (Phi) is 5.17. The molecule has 0 aliphatic carbocycles. The van der Waals surface area contributed by atoms with E-state index < -0.39 is 0 Å². The molecular weight excluding hydrogens is 354 g/mol. The molecule has 0 spiro atoms. The number of thiazole rings is 1. The lowest BCUT2D eigenvalue weighted by molar-refractivity contribution is 0.0933. The number of nitrogens with zero attached hydrogens (tertiary/aromatic N) is 4. The zero-order chi connectivity index (χ0) is 18.7. The number of para-hydroxylation sites is 1. The van der Waals surface area contributed by atoms with E-state index in [-0.39, 0.29) is 11.9 Å². The molecule has 2 heterocycles. The van der Waals surface area contributed by atoms with Gasteiger partial charge in [0.2, 0.25) is 0 Å². The van der Waals surface area contributed by atoms with Gasteiger partial charge in [-0.05, 0) is 19.1 Å². The van der Waals surface area contributed by atoms with Crippen LogP contribution in [0.1, 0.15) is 29.3 Å². The highest BCUT2D eigenvalue weighted by molar-refractivity contribution is 7.13. The van der Waals surface area contributed by atoms with Crippen LogP contribution in [0.25, 0.3) is 10.6 Å². The predicted octanol–water partition coefficient (Wildman–Crippen LogP) is 2.45. The molecule has 0 aliphatic heterocycles. The van der Waals surface area contributed by atoms with Crippen LogP contribution < -0.4 is 14.8 Å². The van der Waals surface area contributed by atoms with E-state index in [0.29, 0.717) is 28.0 Å². The predicted molar refractivity (Wildman–Crippen MR) is 97.5 cm³/mol. The Hall–Kier alpha value is -2.94. The van der Waals surface area contributed by atoms with Gasteiger partial charge < -0.3 is 19.4 Å². The first-order valence-corrected chi connectivity index (χ1v) is 8.74. The van der Waals surface area contributed by atoms with Gasteiger partial charge in [-0.25, -0.2) is 4.98 Å². The molecule has 2 aromatic heterocycles. The van der Waals surface area contributed by atoms with Gasteiger partial charge in [0.25, 0.3) is 5.91 Å². The third-order valence-electron chi connectivity index (χ3n) is 3.85. The lowest BCUT2D eigenvalue weighted by Gasteiger charge is -2.12. The minimum atomic E-state index is -0.286. The number of hydrogen-bond donors (Lipinski definition) is 1. The number of benzene rings is 1. The van der Waals surface area contributed by atoms with E-state index in [1.54, 1.807) is 30.5 Å².